The number of hydrogen-bond donors (Lipinski definition) is 2. The maximum atomic E-state index is 12.9. The molecular formula is C22H32N2O5S. The highest BCUT2D eigenvalue weighted by Gasteiger charge is 2.32. The number of amides is 1. The van der Waals surface area contributed by atoms with Crippen molar-refractivity contribution in [2.24, 2.45) is 5.92 Å². The van der Waals surface area contributed by atoms with Gasteiger partial charge in [-0.1, -0.05) is 38.7 Å². The zero-order valence-electron chi connectivity index (χ0n) is 18.1. The molecule has 1 fully saturated rings. The minimum atomic E-state index is -3.50. The van der Waals surface area contributed by atoms with E-state index >= 15 is 0 Å². The largest absolute Gasteiger partial charge is 0.493 e. The van der Waals surface area contributed by atoms with Crippen molar-refractivity contribution in [1.82, 2.24) is 10.0 Å². The van der Waals surface area contributed by atoms with Gasteiger partial charge in [0.05, 0.1) is 13.4 Å². The number of nitrogens with one attached hydrogen (secondary N) is 2. The molecule has 0 spiro atoms. The highest BCUT2D eigenvalue weighted by molar-refractivity contribution is 7.88. The van der Waals surface area contributed by atoms with Gasteiger partial charge in [-0.25, -0.2) is 13.1 Å². The SMILES string of the molecule is C#CCOc1ccc([C@@H]2CCCC[C@H]2NC(=O)[C@@H](NS(C)(=O)=O)C(C)C)cc1OC. The number of ether oxygens (including phenoxy) is 2. The molecule has 7 nitrogen and oxygen atoms in total. The maximum Gasteiger partial charge on any atom is 0.238 e. The molecule has 0 radical (unpaired) electrons. The minimum absolute atomic E-state index is 0.0870. The monoisotopic (exact) mass is 436 g/mol. The Morgan fingerprint density at radius 1 is 1.27 bits per heavy atom. The lowest BCUT2D eigenvalue weighted by molar-refractivity contribution is -0.124. The Morgan fingerprint density at radius 3 is 2.57 bits per heavy atom. The van der Waals surface area contributed by atoms with Crippen LogP contribution >= 0.6 is 0 Å². The summed E-state index contributed by atoms with van der Waals surface area (Å²) in [6.07, 6.45) is 10.1. The Kier molecular flexibility index (Phi) is 8.56. The first-order valence-corrected chi connectivity index (χ1v) is 12.1. The molecule has 0 heterocycles. The molecule has 1 amide bonds. The molecule has 0 saturated heterocycles. The lowest BCUT2D eigenvalue weighted by atomic mass is 9.79. The molecule has 1 aliphatic carbocycles. The molecule has 0 unspecified atom stereocenters. The smallest absolute Gasteiger partial charge is 0.238 e. The minimum Gasteiger partial charge on any atom is -0.493 e. The van der Waals surface area contributed by atoms with Crippen molar-refractivity contribution in [3.63, 3.8) is 0 Å². The molecule has 1 aliphatic rings. The zero-order valence-corrected chi connectivity index (χ0v) is 18.9. The fourth-order valence-electron chi connectivity index (χ4n) is 3.85. The lowest BCUT2D eigenvalue weighted by Crippen LogP contribution is -2.53. The predicted molar refractivity (Wildman–Crippen MR) is 117 cm³/mol. The molecule has 0 aliphatic heterocycles. The molecule has 0 bridgehead atoms. The third kappa shape index (κ3) is 6.64. The van der Waals surface area contributed by atoms with Gasteiger partial charge in [0.25, 0.3) is 0 Å². The van der Waals surface area contributed by atoms with Crippen molar-refractivity contribution in [3.8, 4) is 23.8 Å². The van der Waals surface area contributed by atoms with Crippen molar-refractivity contribution in [2.75, 3.05) is 20.0 Å². The quantitative estimate of drug-likeness (QED) is 0.580. The van der Waals surface area contributed by atoms with Gasteiger partial charge in [-0.05, 0) is 36.5 Å². The number of carbonyl (C=O) groups excluding carboxylic acids is 1. The second kappa shape index (κ2) is 10.7. The van der Waals surface area contributed by atoms with Crippen LogP contribution in [0.5, 0.6) is 11.5 Å². The summed E-state index contributed by atoms with van der Waals surface area (Å²) in [6, 6.07) is 4.84. The van der Waals surface area contributed by atoms with E-state index < -0.39 is 16.1 Å². The van der Waals surface area contributed by atoms with E-state index in [9.17, 15) is 13.2 Å². The first-order chi connectivity index (χ1) is 14.2. The Labute approximate surface area is 180 Å². The second-order valence-corrected chi connectivity index (χ2v) is 9.80. The maximum absolute atomic E-state index is 12.9. The third-order valence-electron chi connectivity index (χ3n) is 5.31. The van der Waals surface area contributed by atoms with Gasteiger partial charge >= 0.3 is 0 Å². The summed E-state index contributed by atoms with van der Waals surface area (Å²) < 4.78 is 36.8. The second-order valence-electron chi connectivity index (χ2n) is 8.02. The van der Waals surface area contributed by atoms with E-state index in [0.29, 0.717) is 11.5 Å². The highest BCUT2D eigenvalue weighted by atomic mass is 32.2. The molecule has 30 heavy (non-hydrogen) atoms. The number of benzene rings is 1. The summed E-state index contributed by atoms with van der Waals surface area (Å²) in [4.78, 5) is 12.9. The molecular weight excluding hydrogens is 404 g/mol. The molecule has 3 atom stereocenters. The summed E-state index contributed by atoms with van der Waals surface area (Å²) >= 11 is 0. The molecule has 1 saturated carbocycles. The van der Waals surface area contributed by atoms with Crippen LogP contribution in [0.1, 0.15) is 51.0 Å². The van der Waals surface area contributed by atoms with Crippen molar-refractivity contribution in [1.29, 1.82) is 0 Å². The Hall–Kier alpha value is -2.24. The van der Waals surface area contributed by atoms with E-state index in [0.717, 1.165) is 37.5 Å². The van der Waals surface area contributed by atoms with Crippen LogP contribution in [0.3, 0.4) is 0 Å². The number of rotatable bonds is 9. The predicted octanol–water partition coefficient (Wildman–Crippen LogP) is 2.42. The van der Waals surface area contributed by atoms with Crippen LogP contribution in [-0.2, 0) is 14.8 Å². The average Bonchev–Trinajstić information content (AvgIpc) is 2.70. The fraction of sp³-hybridized carbons (Fsp3) is 0.591. The topological polar surface area (TPSA) is 93.7 Å². The molecule has 2 N–H and O–H groups in total. The van der Waals surface area contributed by atoms with Crippen LogP contribution < -0.4 is 19.5 Å². The van der Waals surface area contributed by atoms with Crippen molar-refractivity contribution in [3.05, 3.63) is 23.8 Å². The lowest BCUT2D eigenvalue weighted by Gasteiger charge is -2.34. The average molecular weight is 437 g/mol. The van der Waals surface area contributed by atoms with Gasteiger partial charge in [-0.15, -0.1) is 6.42 Å². The first kappa shape index (κ1) is 24.0. The van der Waals surface area contributed by atoms with Gasteiger partial charge in [-0.2, -0.15) is 0 Å². The number of hydrogen-bond acceptors (Lipinski definition) is 5. The van der Waals surface area contributed by atoms with Crippen molar-refractivity contribution >= 4 is 15.9 Å². The van der Waals surface area contributed by atoms with Gasteiger partial charge in [0.15, 0.2) is 11.5 Å². The molecule has 8 heteroatoms. The summed E-state index contributed by atoms with van der Waals surface area (Å²) in [5.74, 6) is 3.24. The number of carbonyl (C=O) groups is 1. The van der Waals surface area contributed by atoms with Crippen LogP contribution in [0, 0.1) is 18.3 Å². The van der Waals surface area contributed by atoms with Crippen molar-refractivity contribution in [2.45, 2.75) is 57.5 Å². The molecule has 166 valence electrons. The molecule has 0 aromatic heterocycles. The van der Waals surface area contributed by atoms with Gasteiger partial charge in [0, 0.05) is 12.0 Å². The Morgan fingerprint density at radius 2 is 1.97 bits per heavy atom. The van der Waals surface area contributed by atoms with Gasteiger partial charge < -0.3 is 14.8 Å². The van der Waals surface area contributed by atoms with Crippen LogP contribution in [0.15, 0.2) is 18.2 Å². The van der Waals surface area contributed by atoms with E-state index in [1.807, 2.05) is 32.0 Å². The summed E-state index contributed by atoms with van der Waals surface area (Å²) in [6.45, 7) is 3.79. The molecule has 1 aromatic rings. The third-order valence-corrected chi connectivity index (χ3v) is 5.99. The molecule has 1 aromatic carbocycles. The van der Waals surface area contributed by atoms with Gasteiger partial charge in [0.1, 0.15) is 12.6 Å². The van der Waals surface area contributed by atoms with E-state index in [-0.39, 0.29) is 30.4 Å². The van der Waals surface area contributed by atoms with Crippen LogP contribution in [0.4, 0.5) is 0 Å². The van der Waals surface area contributed by atoms with E-state index in [1.54, 1.807) is 7.11 Å². The van der Waals surface area contributed by atoms with Crippen molar-refractivity contribution < 1.29 is 22.7 Å². The first-order valence-electron chi connectivity index (χ1n) is 10.2. The van der Waals surface area contributed by atoms with Crippen LogP contribution in [-0.4, -0.2) is 46.4 Å². The van der Waals surface area contributed by atoms with Crippen LogP contribution in [0.25, 0.3) is 0 Å². The fourth-order valence-corrected chi connectivity index (χ4v) is 4.69. The van der Waals surface area contributed by atoms with E-state index in [2.05, 4.69) is 16.0 Å². The Balaban J connectivity index is 2.22. The summed E-state index contributed by atoms with van der Waals surface area (Å²) in [7, 11) is -1.92. The number of terminal acetylenes is 1. The zero-order chi connectivity index (χ0) is 22.3. The van der Waals surface area contributed by atoms with E-state index in [4.69, 9.17) is 15.9 Å². The normalized spacial score (nSPS) is 20.3. The van der Waals surface area contributed by atoms with Crippen LogP contribution in [0.2, 0.25) is 0 Å². The number of methoxy groups -OCH3 is 1. The van der Waals surface area contributed by atoms with E-state index in [1.165, 1.54) is 0 Å². The standard InChI is InChI=1S/C22H32N2O5S/c1-6-13-29-19-12-11-16(14-20(19)28-4)17-9-7-8-10-18(17)23-22(25)21(15(2)3)24-30(5,26)27/h1,11-12,14-15,17-18,21,24H,7-10,13H2,2-5H3,(H,23,25)/t17-,18+,21-/m0/s1. The summed E-state index contributed by atoms with van der Waals surface area (Å²) in [5, 5.41) is 3.09. The molecule has 2 rings (SSSR count). The summed E-state index contributed by atoms with van der Waals surface area (Å²) in [5.41, 5.74) is 1.04. The van der Waals surface area contributed by atoms with Gasteiger partial charge in [-0.3, -0.25) is 4.79 Å². The van der Waals surface area contributed by atoms with Gasteiger partial charge in [0.2, 0.25) is 15.9 Å². The number of sulfonamides is 1. The Bertz CT molecular complexity index is 876. The highest BCUT2D eigenvalue weighted by Crippen LogP contribution is 2.37.